The van der Waals surface area contributed by atoms with E-state index >= 15 is 0 Å². The van der Waals surface area contributed by atoms with E-state index < -0.39 is 42.6 Å². The summed E-state index contributed by atoms with van der Waals surface area (Å²) in [7, 11) is 1.40. The van der Waals surface area contributed by atoms with E-state index in [-0.39, 0.29) is 29.5 Å². The van der Waals surface area contributed by atoms with Gasteiger partial charge in [0.15, 0.2) is 23.0 Å². The zero-order valence-corrected chi connectivity index (χ0v) is 22.0. The monoisotopic (exact) mass is 521 g/mol. The zero-order valence-electron chi connectivity index (χ0n) is 21.3. The Morgan fingerprint density at radius 2 is 1.81 bits per heavy atom. The molecule has 0 aliphatic carbocycles. The molecule has 0 fully saturated rings. The predicted octanol–water partition coefficient (Wildman–Crippen LogP) is 4.89. The fourth-order valence-electron chi connectivity index (χ4n) is 3.40. The number of carbonyl (C=O) groups is 3. The third kappa shape index (κ3) is 8.41. The van der Waals surface area contributed by atoms with Gasteiger partial charge in [-0.25, -0.2) is 4.98 Å². The smallest absolute Gasteiger partial charge is 0.309 e. The summed E-state index contributed by atoms with van der Waals surface area (Å²) in [5.41, 5.74) is -0.0430. The average Bonchev–Trinajstić information content (AvgIpc) is 2.81. The van der Waals surface area contributed by atoms with Crippen LogP contribution in [0.3, 0.4) is 0 Å². The quantitative estimate of drug-likeness (QED) is 0.207. The molecule has 196 valence electrons. The van der Waals surface area contributed by atoms with Crippen LogP contribution in [0.15, 0.2) is 36.5 Å². The highest BCUT2D eigenvalue weighted by Gasteiger charge is 2.30. The molecule has 2 rings (SSSR count). The molecule has 0 radical (unpaired) electrons. The fraction of sp³-hybridized carbons (Fsp3) is 0.462. The van der Waals surface area contributed by atoms with Gasteiger partial charge in [0.1, 0.15) is 18.0 Å². The molecule has 0 unspecified atom stereocenters. The summed E-state index contributed by atoms with van der Waals surface area (Å²) in [6.45, 7) is 8.06. The first-order valence-corrected chi connectivity index (χ1v) is 11.9. The zero-order chi connectivity index (χ0) is 26.8. The molecule has 9 nitrogen and oxygen atoms in total. The van der Waals surface area contributed by atoms with Crippen LogP contribution in [0.1, 0.15) is 51.5 Å². The van der Waals surface area contributed by atoms with Crippen LogP contribution in [0.5, 0.6) is 17.2 Å². The fourth-order valence-corrected chi connectivity index (χ4v) is 3.58. The minimum Gasteiger partial charge on any atom is -0.493 e. The molecule has 0 spiro atoms. The van der Waals surface area contributed by atoms with Gasteiger partial charge in [0, 0.05) is 30.6 Å². The molecule has 1 aromatic heterocycles. The second-order valence-electron chi connectivity index (χ2n) is 8.54. The number of aromatic nitrogens is 1. The highest BCUT2D eigenvalue weighted by atomic mass is 35.5. The Labute approximate surface area is 216 Å². The third-order valence-corrected chi connectivity index (χ3v) is 5.44. The molecule has 1 aromatic carbocycles. The Morgan fingerprint density at radius 3 is 2.42 bits per heavy atom. The highest BCUT2D eigenvalue weighted by Crippen LogP contribution is 2.31. The lowest BCUT2D eigenvalue weighted by molar-refractivity contribution is -0.158. The number of carbonyl (C=O) groups excluding carboxylic acids is 3. The lowest BCUT2D eigenvalue weighted by Crippen LogP contribution is -2.38. The van der Waals surface area contributed by atoms with Crippen LogP contribution in [-0.4, -0.2) is 48.8 Å². The molecule has 2 aromatic rings. The maximum atomic E-state index is 13.0. The van der Waals surface area contributed by atoms with Crippen LogP contribution in [0.4, 0.5) is 0 Å². The first-order chi connectivity index (χ1) is 17.0. The van der Waals surface area contributed by atoms with Crippen LogP contribution in [0.2, 0.25) is 5.02 Å². The topological polar surface area (TPSA) is 110 Å². The van der Waals surface area contributed by atoms with Crippen molar-refractivity contribution in [3.05, 3.63) is 47.2 Å². The maximum absolute atomic E-state index is 13.0. The Kier molecular flexibility index (Phi) is 11.0. The molecule has 1 heterocycles. The van der Waals surface area contributed by atoms with E-state index in [1.165, 1.54) is 26.3 Å². The van der Waals surface area contributed by atoms with Crippen molar-refractivity contribution in [1.29, 1.82) is 0 Å². The maximum Gasteiger partial charge on any atom is 0.309 e. The van der Waals surface area contributed by atoms with Crippen LogP contribution < -0.4 is 14.2 Å². The Balaban J connectivity index is 2.07. The Morgan fingerprint density at radius 1 is 1.08 bits per heavy atom. The van der Waals surface area contributed by atoms with Crippen molar-refractivity contribution < 1.29 is 38.1 Å². The van der Waals surface area contributed by atoms with Crippen molar-refractivity contribution in [1.82, 2.24) is 4.98 Å². The summed E-state index contributed by atoms with van der Waals surface area (Å²) >= 11 is 6.04. The molecular weight excluding hydrogens is 490 g/mol. The van der Waals surface area contributed by atoms with Crippen LogP contribution in [-0.2, 0) is 19.1 Å². The molecule has 0 aliphatic rings. The number of benzene rings is 1. The summed E-state index contributed by atoms with van der Waals surface area (Å²) < 4.78 is 27.1. The number of halogens is 1. The van der Waals surface area contributed by atoms with Gasteiger partial charge in [0.25, 0.3) is 0 Å². The van der Waals surface area contributed by atoms with Gasteiger partial charge < -0.3 is 23.7 Å². The standard InChI is InChI=1S/C26H32ClNO8/c1-15(2)24(36-20-9-7-8-19(27)13-20)17(4)35-26(31)16(3)12-21(30)23-25(34-14-33-18(5)29)22(32-6)10-11-28-23/h7-11,13,15-17,24H,12,14H2,1-6H3/t16-,17+,24+/m1/s1. The summed E-state index contributed by atoms with van der Waals surface area (Å²) in [6.07, 6.45) is 0.177. The van der Waals surface area contributed by atoms with Gasteiger partial charge in [-0.1, -0.05) is 38.4 Å². The molecular formula is C26H32ClNO8. The van der Waals surface area contributed by atoms with E-state index in [1.807, 2.05) is 13.8 Å². The van der Waals surface area contributed by atoms with E-state index in [1.54, 1.807) is 38.1 Å². The van der Waals surface area contributed by atoms with E-state index in [0.29, 0.717) is 10.8 Å². The van der Waals surface area contributed by atoms with Crippen molar-refractivity contribution >= 4 is 29.3 Å². The number of hydrogen-bond acceptors (Lipinski definition) is 9. The van der Waals surface area contributed by atoms with Crippen molar-refractivity contribution in [2.24, 2.45) is 11.8 Å². The minimum atomic E-state index is -0.770. The normalized spacial score (nSPS) is 13.3. The van der Waals surface area contributed by atoms with Gasteiger partial charge in [0.2, 0.25) is 6.79 Å². The number of nitrogens with zero attached hydrogens (tertiary/aromatic N) is 1. The second kappa shape index (κ2) is 13.7. The van der Waals surface area contributed by atoms with Crippen molar-refractivity contribution in [3.8, 4) is 17.2 Å². The van der Waals surface area contributed by atoms with Gasteiger partial charge in [-0.05, 0) is 31.0 Å². The first-order valence-electron chi connectivity index (χ1n) is 11.5. The number of methoxy groups -OCH3 is 1. The number of rotatable bonds is 13. The van der Waals surface area contributed by atoms with Gasteiger partial charge in [-0.15, -0.1) is 0 Å². The van der Waals surface area contributed by atoms with E-state index in [4.69, 9.17) is 35.3 Å². The number of ketones is 1. The number of pyridine rings is 1. The second-order valence-corrected chi connectivity index (χ2v) is 8.98. The lowest BCUT2D eigenvalue weighted by atomic mass is 10.0. The molecule has 0 aliphatic heterocycles. The van der Waals surface area contributed by atoms with Gasteiger partial charge in [-0.2, -0.15) is 0 Å². The molecule has 0 saturated heterocycles. The molecule has 3 atom stereocenters. The SMILES string of the molecule is COc1ccnc(C(=O)C[C@@H](C)C(=O)O[C@@H](C)[C@@H](Oc2cccc(Cl)c2)C(C)C)c1OCOC(C)=O. The Hall–Kier alpha value is -3.33. The van der Waals surface area contributed by atoms with Gasteiger partial charge in [-0.3, -0.25) is 14.4 Å². The largest absolute Gasteiger partial charge is 0.493 e. The molecule has 0 bridgehead atoms. The van der Waals surface area contributed by atoms with Crippen LogP contribution >= 0.6 is 11.6 Å². The van der Waals surface area contributed by atoms with E-state index in [0.717, 1.165) is 0 Å². The van der Waals surface area contributed by atoms with Crippen LogP contribution in [0.25, 0.3) is 0 Å². The van der Waals surface area contributed by atoms with Gasteiger partial charge in [0.05, 0.1) is 13.0 Å². The van der Waals surface area contributed by atoms with Crippen molar-refractivity contribution in [2.75, 3.05) is 13.9 Å². The summed E-state index contributed by atoms with van der Waals surface area (Å²) in [5, 5.41) is 0.536. The van der Waals surface area contributed by atoms with Crippen molar-refractivity contribution in [2.45, 2.75) is 53.2 Å². The van der Waals surface area contributed by atoms with Crippen LogP contribution in [0, 0.1) is 11.8 Å². The van der Waals surface area contributed by atoms with Gasteiger partial charge >= 0.3 is 11.9 Å². The molecule has 0 saturated carbocycles. The molecule has 0 N–H and O–H groups in total. The molecule has 36 heavy (non-hydrogen) atoms. The highest BCUT2D eigenvalue weighted by molar-refractivity contribution is 6.30. The summed E-state index contributed by atoms with van der Waals surface area (Å²) in [4.78, 5) is 40.9. The first kappa shape index (κ1) is 28.9. The number of ether oxygens (including phenoxy) is 5. The average molecular weight is 522 g/mol. The minimum absolute atomic E-state index is 0.0231. The molecule has 0 amide bonds. The Bertz CT molecular complexity index is 1060. The third-order valence-electron chi connectivity index (χ3n) is 5.20. The number of esters is 2. The summed E-state index contributed by atoms with van der Waals surface area (Å²) in [6, 6.07) is 8.49. The summed E-state index contributed by atoms with van der Waals surface area (Å²) in [5.74, 6) is -1.47. The number of hydrogen-bond donors (Lipinski definition) is 0. The molecule has 10 heteroatoms. The lowest BCUT2D eigenvalue weighted by Gasteiger charge is -2.29. The van der Waals surface area contributed by atoms with Crippen molar-refractivity contribution in [3.63, 3.8) is 0 Å². The van der Waals surface area contributed by atoms with E-state index in [2.05, 4.69) is 4.98 Å². The predicted molar refractivity (Wildman–Crippen MR) is 132 cm³/mol. The number of Topliss-reactive ketones (excluding diaryl/α,β-unsaturated/α-hetero) is 1. The van der Waals surface area contributed by atoms with E-state index in [9.17, 15) is 14.4 Å².